The topological polar surface area (TPSA) is 15.3 Å². The fourth-order valence-electron chi connectivity index (χ4n) is 3.31. The largest absolute Gasteiger partial charge is 0.316 e. The van der Waals surface area contributed by atoms with Crippen molar-refractivity contribution in [3.63, 3.8) is 0 Å². The van der Waals surface area contributed by atoms with Gasteiger partial charge in [-0.25, -0.2) is 0 Å². The standard InChI is InChI=1S/C15H22N2/c1-2-16-11-15-8-14(15)10-17(12-15)9-13-6-4-3-5-7-13/h3-7,14,16H,2,8-12H2,1H3. The Labute approximate surface area is 104 Å². The molecule has 1 N–H and O–H groups in total. The van der Waals surface area contributed by atoms with Crippen LogP contribution in [-0.2, 0) is 6.54 Å². The number of hydrogen-bond acceptors (Lipinski definition) is 2. The molecular weight excluding hydrogens is 208 g/mol. The lowest BCUT2D eigenvalue weighted by atomic mass is 10.1. The van der Waals surface area contributed by atoms with Crippen molar-refractivity contribution in [1.29, 1.82) is 0 Å². The molecule has 1 aromatic rings. The Morgan fingerprint density at radius 3 is 2.94 bits per heavy atom. The van der Waals surface area contributed by atoms with Gasteiger partial charge in [0.2, 0.25) is 0 Å². The molecule has 2 unspecified atom stereocenters. The van der Waals surface area contributed by atoms with Crippen molar-refractivity contribution in [1.82, 2.24) is 10.2 Å². The van der Waals surface area contributed by atoms with E-state index in [9.17, 15) is 0 Å². The molecule has 2 fully saturated rings. The second-order valence-corrected chi connectivity index (χ2v) is 5.70. The maximum atomic E-state index is 3.53. The van der Waals surface area contributed by atoms with Crippen LogP contribution in [0, 0.1) is 11.3 Å². The van der Waals surface area contributed by atoms with Crippen LogP contribution < -0.4 is 5.32 Å². The van der Waals surface area contributed by atoms with Crippen molar-refractivity contribution in [2.45, 2.75) is 19.9 Å². The first-order valence-corrected chi connectivity index (χ1v) is 6.79. The smallest absolute Gasteiger partial charge is 0.0234 e. The van der Waals surface area contributed by atoms with Gasteiger partial charge in [-0.3, -0.25) is 4.90 Å². The molecule has 0 bridgehead atoms. The Bertz CT molecular complexity index is 376. The van der Waals surface area contributed by atoms with Crippen LogP contribution in [0.15, 0.2) is 30.3 Å². The second kappa shape index (κ2) is 4.43. The predicted octanol–water partition coefficient (Wildman–Crippen LogP) is 2.12. The van der Waals surface area contributed by atoms with E-state index in [1.54, 1.807) is 0 Å². The van der Waals surface area contributed by atoms with E-state index in [0.717, 1.165) is 19.0 Å². The fraction of sp³-hybridized carbons (Fsp3) is 0.600. The van der Waals surface area contributed by atoms with Gasteiger partial charge < -0.3 is 5.32 Å². The molecule has 1 aliphatic carbocycles. The fourth-order valence-corrected chi connectivity index (χ4v) is 3.31. The first-order valence-electron chi connectivity index (χ1n) is 6.79. The molecule has 0 amide bonds. The number of rotatable bonds is 5. The normalized spacial score (nSPS) is 31.5. The third-order valence-corrected chi connectivity index (χ3v) is 4.35. The van der Waals surface area contributed by atoms with E-state index in [2.05, 4.69) is 47.5 Å². The summed E-state index contributed by atoms with van der Waals surface area (Å²) in [5.41, 5.74) is 2.08. The highest BCUT2D eigenvalue weighted by atomic mass is 15.2. The second-order valence-electron chi connectivity index (χ2n) is 5.70. The van der Waals surface area contributed by atoms with Gasteiger partial charge in [-0.15, -0.1) is 0 Å². The van der Waals surface area contributed by atoms with Gasteiger partial charge in [0.1, 0.15) is 0 Å². The van der Waals surface area contributed by atoms with Gasteiger partial charge in [-0.05, 0) is 29.9 Å². The summed E-state index contributed by atoms with van der Waals surface area (Å²) in [7, 11) is 0. The van der Waals surface area contributed by atoms with E-state index in [-0.39, 0.29) is 0 Å². The van der Waals surface area contributed by atoms with Crippen LogP contribution >= 0.6 is 0 Å². The molecule has 2 atom stereocenters. The highest BCUT2D eigenvalue weighted by Gasteiger charge is 2.58. The SMILES string of the molecule is CCNCC12CC1CN(Cc1ccccc1)C2. The molecule has 2 nitrogen and oxygen atoms in total. The minimum absolute atomic E-state index is 0.630. The van der Waals surface area contributed by atoms with E-state index in [1.807, 2.05) is 0 Å². The maximum Gasteiger partial charge on any atom is 0.0234 e. The highest BCUT2D eigenvalue weighted by molar-refractivity contribution is 5.17. The average molecular weight is 230 g/mol. The molecule has 1 heterocycles. The van der Waals surface area contributed by atoms with E-state index < -0.39 is 0 Å². The van der Waals surface area contributed by atoms with Crippen molar-refractivity contribution in [3.05, 3.63) is 35.9 Å². The molecule has 1 aromatic carbocycles. The predicted molar refractivity (Wildman–Crippen MR) is 70.8 cm³/mol. The van der Waals surface area contributed by atoms with Gasteiger partial charge in [0.05, 0.1) is 0 Å². The minimum atomic E-state index is 0.630. The van der Waals surface area contributed by atoms with Crippen molar-refractivity contribution >= 4 is 0 Å². The van der Waals surface area contributed by atoms with Crippen LogP contribution in [-0.4, -0.2) is 31.1 Å². The van der Waals surface area contributed by atoms with Crippen LogP contribution in [0.2, 0.25) is 0 Å². The minimum Gasteiger partial charge on any atom is -0.316 e. The zero-order valence-electron chi connectivity index (χ0n) is 10.7. The quantitative estimate of drug-likeness (QED) is 0.833. The number of piperidine rings is 1. The zero-order valence-corrected chi connectivity index (χ0v) is 10.7. The summed E-state index contributed by atoms with van der Waals surface area (Å²) < 4.78 is 0. The Balaban J connectivity index is 1.55. The molecule has 0 radical (unpaired) electrons. The molecule has 17 heavy (non-hydrogen) atoms. The van der Waals surface area contributed by atoms with Crippen molar-refractivity contribution < 1.29 is 0 Å². The zero-order chi connectivity index (χ0) is 11.7. The molecule has 0 spiro atoms. The van der Waals surface area contributed by atoms with Crippen LogP contribution in [0.1, 0.15) is 18.9 Å². The molecule has 92 valence electrons. The summed E-state index contributed by atoms with van der Waals surface area (Å²) in [5, 5.41) is 3.53. The Hall–Kier alpha value is -0.860. The molecule has 1 saturated carbocycles. The number of nitrogens with zero attached hydrogens (tertiary/aromatic N) is 1. The Morgan fingerprint density at radius 2 is 2.18 bits per heavy atom. The first-order chi connectivity index (χ1) is 8.32. The summed E-state index contributed by atoms with van der Waals surface area (Å²) >= 11 is 0. The highest BCUT2D eigenvalue weighted by Crippen LogP contribution is 2.57. The number of likely N-dealkylation sites (tertiary alicyclic amines) is 1. The van der Waals surface area contributed by atoms with E-state index in [4.69, 9.17) is 0 Å². The summed E-state index contributed by atoms with van der Waals surface area (Å²) in [6, 6.07) is 10.8. The molecule has 2 heteroatoms. The van der Waals surface area contributed by atoms with Gasteiger partial charge in [0.15, 0.2) is 0 Å². The van der Waals surface area contributed by atoms with Crippen LogP contribution in [0.25, 0.3) is 0 Å². The molecule has 2 aliphatic rings. The third-order valence-electron chi connectivity index (χ3n) is 4.35. The molecule has 0 aromatic heterocycles. The lowest BCUT2D eigenvalue weighted by Gasteiger charge is -2.21. The summed E-state index contributed by atoms with van der Waals surface area (Å²) in [6.07, 6.45) is 1.45. The molecule has 3 rings (SSSR count). The average Bonchev–Trinajstić information content (AvgIpc) is 2.91. The lowest BCUT2D eigenvalue weighted by Crippen LogP contribution is -2.30. The van der Waals surface area contributed by atoms with Crippen LogP contribution in [0.4, 0.5) is 0 Å². The Morgan fingerprint density at radius 1 is 1.35 bits per heavy atom. The number of benzene rings is 1. The van der Waals surface area contributed by atoms with E-state index in [0.29, 0.717) is 5.41 Å². The molecule has 1 saturated heterocycles. The summed E-state index contributed by atoms with van der Waals surface area (Å²) in [5.74, 6) is 0.963. The monoisotopic (exact) mass is 230 g/mol. The van der Waals surface area contributed by atoms with E-state index >= 15 is 0 Å². The van der Waals surface area contributed by atoms with Gasteiger partial charge in [-0.1, -0.05) is 37.3 Å². The van der Waals surface area contributed by atoms with Crippen molar-refractivity contribution in [2.24, 2.45) is 11.3 Å². The van der Waals surface area contributed by atoms with Gasteiger partial charge in [0, 0.05) is 26.2 Å². The Kier molecular flexibility index (Phi) is 2.93. The molecule has 1 aliphatic heterocycles. The summed E-state index contributed by atoms with van der Waals surface area (Å²) in [4.78, 5) is 2.63. The van der Waals surface area contributed by atoms with Crippen molar-refractivity contribution in [2.75, 3.05) is 26.2 Å². The van der Waals surface area contributed by atoms with E-state index in [1.165, 1.54) is 31.6 Å². The van der Waals surface area contributed by atoms with Gasteiger partial charge in [-0.2, -0.15) is 0 Å². The van der Waals surface area contributed by atoms with Gasteiger partial charge >= 0.3 is 0 Å². The first kappa shape index (κ1) is 11.2. The van der Waals surface area contributed by atoms with Crippen LogP contribution in [0.5, 0.6) is 0 Å². The maximum absolute atomic E-state index is 3.53. The summed E-state index contributed by atoms with van der Waals surface area (Å²) in [6.45, 7) is 8.25. The lowest BCUT2D eigenvalue weighted by molar-refractivity contribution is 0.269. The van der Waals surface area contributed by atoms with Crippen molar-refractivity contribution in [3.8, 4) is 0 Å². The third kappa shape index (κ3) is 2.24. The number of nitrogens with one attached hydrogen (secondary N) is 1. The number of hydrogen-bond donors (Lipinski definition) is 1. The number of fused-ring (bicyclic) bond motifs is 1. The van der Waals surface area contributed by atoms with Gasteiger partial charge in [0.25, 0.3) is 0 Å². The van der Waals surface area contributed by atoms with Crippen LogP contribution in [0.3, 0.4) is 0 Å². The molecular formula is C15H22N2.